The molecule has 3 atom stereocenters. The molecule has 0 aliphatic rings. The van der Waals surface area contributed by atoms with Crippen LogP contribution in [0.3, 0.4) is 0 Å². The average Bonchev–Trinajstić information content (AvgIpc) is 2.98. The molecule has 0 aromatic carbocycles. The van der Waals surface area contributed by atoms with Crippen molar-refractivity contribution < 1.29 is 28.6 Å². The standard InChI is InChI=1S/3C11H22O2S.Sb/c3*1-3-5-6-10(4-2)9-13-11(12)7-8-14;/h3*10,14H,3-9H2,1-2H3;. The molecule has 0 saturated heterocycles. The Morgan fingerprint density at radius 3 is 0.884 bits per heavy atom. The Bertz CT molecular complexity index is 532. The van der Waals surface area contributed by atoms with Crippen molar-refractivity contribution in [3.8, 4) is 0 Å². The number of hydrogen-bond acceptors (Lipinski definition) is 9. The zero-order valence-electron chi connectivity index (χ0n) is 28.3. The van der Waals surface area contributed by atoms with E-state index in [4.69, 9.17) is 14.2 Å². The van der Waals surface area contributed by atoms with Gasteiger partial charge >= 0.3 is 17.9 Å². The van der Waals surface area contributed by atoms with Crippen LogP contribution in [0, 0.1) is 17.8 Å². The number of ether oxygens (including phenoxy) is 3. The Labute approximate surface area is 299 Å². The molecule has 0 aliphatic carbocycles. The fourth-order valence-corrected chi connectivity index (χ4v) is 4.36. The second-order valence-corrected chi connectivity index (χ2v) is 12.1. The third-order valence-electron chi connectivity index (χ3n) is 7.02. The van der Waals surface area contributed by atoms with Gasteiger partial charge in [0, 0.05) is 41.7 Å². The first-order valence-electron chi connectivity index (χ1n) is 16.5. The maximum Gasteiger partial charge on any atom is 0.306 e. The van der Waals surface area contributed by atoms with Crippen LogP contribution in [0.1, 0.15) is 138 Å². The van der Waals surface area contributed by atoms with Crippen LogP contribution in [0.4, 0.5) is 0 Å². The first-order chi connectivity index (χ1) is 20.2. The van der Waals surface area contributed by atoms with Crippen LogP contribution in [0.2, 0.25) is 0 Å². The zero-order chi connectivity index (χ0) is 32.4. The molecule has 3 radical (unpaired) electrons. The van der Waals surface area contributed by atoms with E-state index in [0.29, 0.717) is 74.1 Å². The summed E-state index contributed by atoms with van der Waals surface area (Å²) in [5, 5.41) is 0. The van der Waals surface area contributed by atoms with Crippen LogP contribution < -0.4 is 0 Å². The summed E-state index contributed by atoms with van der Waals surface area (Å²) in [5.74, 6) is 3.00. The molecule has 0 bridgehead atoms. The van der Waals surface area contributed by atoms with E-state index < -0.39 is 0 Å². The van der Waals surface area contributed by atoms with Crippen LogP contribution in [0.5, 0.6) is 0 Å². The molecule has 3 unspecified atom stereocenters. The summed E-state index contributed by atoms with van der Waals surface area (Å²) in [6.45, 7) is 14.7. The van der Waals surface area contributed by atoms with Crippen LogP contribution in [0.15, 0.2) is 0 Å². The summed E-state index contributed by atoms with van der Waals surface area (Å²) in [6.07, 6.45) is 15.4. The first-order valence-corrected chi connectivity index (χ1v) is 18.4. The number of carbonyl (C=O) groups is 3. The van der Waals surface area contributed by atoms with Gasteiger partial charge in [0.2, 0.25) is 0 Å². The van der Waals surface area contributed by atoms with Crippen LogP contribution in [0.25, 0.3) is 0 Å². The second kappa shape index (κ2) is 40.3. The van der Waals surface area contributed by atoms with Crippen molar-refractivity contribution in [1.82, 2.24) is 0 Å². The predicted molar refractivity (Wildman–Crippen MR) is 194 cm³/mol. The zero-order valence-corrected chi connectivity index (χ0v) is 33.6. The third-order valence-corrected chi connectivity index (χ3v) is 7.69. The van der Waals surface area contributed by atoms with Crippen LogP contribution >= 0.6 is 37.9 Å². The van der Waals surface area contributed by atoms with Crippen molar-refractivity contribution in [3.05, 3.63) is 0 Å². The molecule has 6 nitrogen and oxygen atoms in total. The number of rotatable bonds is 24. The smallest absolute Gasteiger partial charge is 0.306 e. The molecule has 257 valence electrons. The second-order valence-electron chi connectivity index (χ2n) is 10.7. The van der Waals surface area contributed by atoms with Gasteiger partial charge in [-0.2, -0.15) is 37.9 Å². The minimum absolute atomic E-state index is 0. The molecular formula is C33H66O6S3Sb. The van der Waals surface area contributed by atoms with Gasteiger partial charge in [0.05, 0.1) is 39.1 Å². The quantitative estimate of drug-likeness (QED) is 0.0394. The monoisotopic (exact) mass is 775 g/mol. The number of thiol groups is 3. The van der Waals surface area contributed by atoms with Crippen LogP contribution in [-0.2, 0) is 28.6 Å². The molecule has 43 heavy (non-hydrogen) atoms. The minimum atomic E-state index is -0.116. The van der Waals surface area contributed by atoms with Gasteiger partial charge in [0.1, 0.15) is 0 Å². The Hall–Kier alpha value is 0.278. The maximum absolute atomic E-state index is 11.1. The van der Waals surface area contributed by atoms with E-state index in [9.17, 15) is 14.4 Å². The van der Waals surface area contributed by atoms with Gasteiger partial charge in [-0.1, -0.05) is 99.3 Å². The number of hydrogen-bond donors (Lipinski definition) is 3. The molecule has 0 aliphatic heterocycles. The third kappa shape index (κ3) is 38.4. The number of esters is 3. The molecule has 10 heteroatoms. The summed E-state index contributed by atoms with van der Waals surface area (Å²) in [7, 11) is 0. The Morgan fingerprint density at radius 2 is 0.721 bits per heavy atom. The topological polar surface area (TPSA) is 78.9 Å². The van der Waals surface area contributed by atoms with E-state index in [1.807, 2.05) is 0 Å². The van der Waals surface area contributed by atoms with E-state index in [2.05, 4.69) is 79.4 Å². The Balaban J connectivity index is -0.000000262. The van der Waals surface area contributed by atoms with E-state index in [1.165, 1.54) is 57.8 Å². The van der Waals surface area contributed by atoms with Crippen molar-refractivity contribution in [3.63, 3.8) is 0 Å². The van der Waals surface area contributed by atoms with E-state index in [0.717, 1.165) is 19.3 Å². The fourth-order valence-electron chi connectivity index (χ4n) is 3.82. The van der Waals surface area contributed by atoms with E-state index in [-0.39, 0.29) is 42.3 Å². The van der Waals surface area contributed by atoms with Gasteiger partial charge in [-0.15, -0.1) is 0 Å². The summed E-state index contributed by atoms with van der Waals surface area (Å²) in [6, 6.07) is 0. The van der Waals surface area contributed by atoms with Crippen molar-refractivity contribution in [2.75, 3.05) is 37.1 Å². The Morgan fingerprint density at radius 1 is 0.488 bits per heavy atom. The molecule has 0 fully saturated rings. The van der Waals surface area contributed by atoms with Crippen molar-refractivity contribution >= 4 is 80.2 Å². The summed E-state index contributed by atoms with van der Waals surface area (Å²) >= 11 is 11.9. The Kier molecular flexibility index (Phi) is 47.0. The molecule has 0 saturated carbocycles. The molecular weight excluding hydrogens is 710 g/mol. The van der Waals surface area contributed by atoms with E-state index >= 15 is 0 Å². The molecule has 0 heterocycles. The predicted octanol–water partition coefficient (Wildman–Crippen LogP) is 8.82. The molecule has 0 spiro atoms. The molecule has 0 N–H and O–H groups in total. The van der Waals surface area contributed by atoms with E-state index in [1.54, 1.807) is 0 Å². The van der Waals surface area contributed by atoms with Gasteiger partial charge in [0.25, 0.3) is 0 Å². The molecule has 0 rings (SSSR count). The van der Waals surface area contributed by atoms with Gasteiger partial charge in [0.15, 0.2) is 0 Å². The van der Waals surface area contributed by atoms with Crippen molar-refractivity contribution in [2.24, 2.45) is 17.8 Å². The van der Waals surface area contributed by atoms with Gasteiger partial charge in [-0.25, -0.2) is 0 Å². The van der Waals surface area contributed by atoms with Gasteiger partial charge in [-0.3, -0.25) is 14.4 Å². The molecule has 0 aromatic rings. The maximum atomic E-state index is 11.1. The van der Waals surface area contributed by atoms with Crippen molar-refractivity contribution in [1.29, 1.82) is 0 Å². The number of carbonyl (C=O) groups excluding carboxylic acids is 3. The van der Waals surface area contributed by atoms with Gasteiger partial charge < -0.3 is 14.2 Å². The summed E-state index contributed by atoms with van der Waals surface area (Å²) in [5.41, 5.74) is 0. The minimum Gasteiger partial charge on any atom is -0.465 e. The van der Waals surface area contributed by atoms with Gasteiger partial charge in [-0.05, 0) is 37.0 Å². The fraction of sp³-hybridized carbons (Fsp3) is 0.909. The normalized spacial score (nSPS) is 12.2. The summed E-state index contributed by atoms with van der Waals surface area (Å²) in [4.78, 5) is 33.2. The van der Waals surface area contributed by atoms with Crippen LogP contribution in [-0.4, -0.2) is 79.4 Å². The van der Waals surface area contributed by atoms with Crippen molar-refractivity contribution in [2.45, 2.75) is 138 Å². The SMILES string of the molecule is CCCCC(CC)COC(=O)CCS.CCCCC(CC)COC(=O)CCS.CCCCC(CC)COC(=O)CCS.[Sb]. The summed E-state index contributed by atoms with van der Waals surface area (Å²) < 4.78 is 15.4. The molecule has 0 amide bonds. The average molecular weight is 777 g/mol. The number of unbranched alkanes of at least 4 members (excludes halogenated alkanes) is 3. The largest absolute Gasteiger partial charge is 0.465 e. The first kappa shape index (κ1) is 50.1. The molecule has 0 aromatic heterocycles.